The first-order valence-corrected chi connectivity index (χ1v) is 8.18. The third-order valence-corrected chi connectivity index (χ3v) is 4.71. The minimum atomic E-state index is -3.70. The highest BCUT2D eigenvalue weighted by Gasteiger charge is 2.22. The van der Waals surface area contributed by atoms with Gasteiger partial charge in [0.25, 0.3) is 5.91 Å². The van der Waals surface area contributed by atoms with E-state index in [-0.39, 0.29) is 11.4 Å². The number of nitrogens with zero attached hydrogens (tertiary/aromatic N) is 3. The summed E-state index contributed by atoms with van der Waals surface area (Å²) in [5, 5.41) is 3.74. The molecule has 0 unspecified atom stereocenters. The van der Waals surface area contributed by atoms with Crippen LogP contribution in [-0.2, 0) is 14.8 Å². The predicted molar refractivity (Wildman–Crippen MR) is 86.2 cm³/mol. The van der Waals surface area contributed by atoms with Gasteiger partial charge in [0, 0.05) is 13.2 Å². The van der Waals surface area contributed by atoms with Gasteiger partial charge in [-0.2, -0.15) is 9.41 Å². The quantitative estimate of drug-likeness (QED) is 0.627. The van der Waals surface area contributed by atoms with E-state index in [1.807, 2.05) is 0 Å². The fraction of sp³-hybridized carbons (Fsp3) is 0.133. The largest absolute Gasteiger partial charge is 0.272 e. The molecule has 0 bridgehead atoms. The third kappa shape index (κ3) is 4.70. The fourth-order valence-corrected chi connectivity index (χ4v) is 2.87. The summed E-state index contributed by atoms with van der Waals surface area (Å²) in [4.78, 5) is 15.9. The molecule has 23 heavy (non-hydrogen) atoms. The summed E-state index contributed by atoms with van der Waals surface area (Å²) in [6.07, 6.45) is 2.98. The second-order valence-electron chi connectivity index (χ2n) is 4.62. The fourth-order valence-electron chi connectivity index (χ4n) is 1.72. The Morgan fingerprint density at radius 3 is 2.57 bits per heavy atom. The summed E-state index contributed by atoms with van der Waals surface area (Å²) in [6, 6.07) is 13.2. The second-order valence-corrected chi connectivity index (χ2v) is 6.67. The lowest BCUT2D eigenvalue weighted by atomic mass is 10.4. The van der Waals surface area contributed by atoms with Crippen molar-refractivity contribution in [1.82, 2.24) is 14.7 Å². The number of benzene rings is 1. The minimum Gasteiger partial charge on any atom is -0.272 e. The van der Waals surface area contributed by atoms with Gasteiger partial charge in [0.05, 0.1) is 23.3 Å². The van der Waals surface area contributed by atoms with Gasteiger partial charge in [0.1, 0.15) is 0 Å². The lowest BCUT2D eigenvalue weighted by molar-refractivity contribution is -0.121. The molecule has 7 nitrogen and oxygen atoms in total. The first-order chi connectivity index (χ1) is 11.0. The standard InChI is InChI=1S/C15H16N4O3S/c1-19(23(21,22)14-8-3-2-4-9-14)12-15(20)18-17-11-13-7-5-6-10-16-13/h2-11H,12H2,1H3,(H,18,20)/b17-11-. The van der Waals surface area contributed by atoms with Gasteiger partial charge in [-0.05, 0) is 24.3 Å². The Kier molecular flexibility index (Phi) is 5.56. The van der Waals surface area contributed by atoms with Gasteiger partial charge in [-0.25, -0.2) is 13.8 Å². The smallest absolute Gasteiger partial charge is 0.255 e. The molecule has 8 heteroatoms. The van der Waals surface area contributed by atoms with Crippen LogP contribution < -0.4 is 5.43 Å². The highest BCUT2D eigenvalue weighted by atomic mass is 32.2. The predicted octanol–water partition coefficient (Wildman–Crippen LogP) is 0.852. The van der Waals surface area contributed by atoms with Crippen LogP contribution in [0.1, 0.15) is 5.69 Å². The molecule has 0 saturated heterocycles. The van der Waals surface area contributed by atoms with Crippen LogP contribution in [0.15, 0.2) is 64.7 Å². The maximum atomic E-state index is 12.3. The summed E-state index contributed by atoms with van der Waals surface area (Å²) < 4.78 is 25.5. The molecule has 0 atom stereocenters. The van der Waals surface area contributed by atoms with Crippen molar-refractivity contribution >= 4 is 22.1 Å². The Hall–Kier alpha value is -2.58. The first-order valence-electron chi connectivity index (χ1n) is 6.74. The third-order valence-electron chi connectivity index (χ3n) is 2.89. The SMILES string of the molecule is CN(CC(=O)N/N=C\c1ccccn1)S(=O)(=O)c1ccccc1. The van der Waals surface area contributed by atoms with Crippen molar-refractivity contribution in [1.29, 1.82) is 0 Å². The van der Waals surface area contributed by atoms with E-state index in [9.17, 15) is 13.2 Å². The number of nitrogens with one attached hydrogen (secondary N) is 1. The van der Waals surface area contributed by atoms with Crippen LogP contribution in [-0.4, -0.2) is 43.4 Å². The number of hydrazone groups is 1. The molecule has 0 radical (unpaired) electrons. The highest BCUT2D eigenvalue weighted by Crippen LogP contribution is 2.12. The van der Waals surface area contributed by atoms with E-state index < -0.39 is 15.9 Å². The Balaban J connectivity index is 1.93. The summed E-state index contributed by atoms with van der Waals surface area (Å²) in [7, 11) is -2.37. The molecule has 0 fully saturated rings. The van der Waals surface area contributed by atoms with E-state index in [1.54, 1.807) is 42.6 Å². The lowest BCUT2D eigenvalue weighted by Gasteiger charge is -2.15. The van der Waals surface area contributed by atoms with Crippen LogP contribution in [0.25, 0.3) is 0 Å². The lowest BCUT2D eigenvalue weighted by Crippen LogP contribution is -2.36. The van der Waals surface area contributed by atoms with Gasteiger partial charge < -0.3 is 0 Å². The van der Waals surface area contributed by atoms with Crippen molar-refractivity contribution < 1.29 is 13.2 Å². The van der Waals surface area contributed by atoms with E-state index in [0.29, 0.717) is 5.69 Å². The Morgan fingerprint density at radius 1 is 1.22 bits per heavy atom. The van der Waals surface area contributed by atoms with Gasteiger partial charge in [0.2, 0.25) is 10.0 Å². The summed E-state index contributed by atoms with van der Waals surface area (Å²) >= 11 is 0. The summed E-state index contributed by atoms with van der Waals surface area (Å²) in [5.74, 6) is -0.542. The van der Waals surface area contributed by atoms with E-state index in [1.165, 1.54) is 25.4 Å². The zero-order valence-electron chi connectivity index (χ0n) is 12.5. The van der Waals surface area contributed by atoms with Crippen LogP contribution in [0.5, 0.6) is 0 Å². The van der Waals surface area contributed by atoms with E-state index in [2.05, 4.69) is 15.5 Å². The van der Waals surface area contributed by atoms with Crippen LogP contribution in [0.2, 0.25) is 0 Å². The molecule has 2 aromatic rings. The van der Waals surface area contributed by atoms with Crippen molar-refractivity contribution in [3.05, 3.63) is 60.4 Å². The number of pyridine rings is 1. The van der Waals surface area contributed by atoms with E-state index in [0.717, 1.165) is 4.31 Å². The molecule has 0 aliphatic rings. The first kappa shape index (κ1) is 16.8. The zero-order valence-corrected chi connectivity index (χ0v) is 13.3. The van der Waals surface area contributed by atoms with Crippen LogP contribution in [0.3, 0.4) is 0 Å². The molecule has 0 spiro atoms. The number of amides is 1. The molecule has 1 amide bonds. The minimum absolute atomic E-state index is 0.132. The molecule has 0 saturated carbocycles. The van der Waals surface area contributed by atoms with Gasteiger partial charge in [0.15, 0.2) is 0 Å². The van der Waals surface area contributed by atoms with E-state index in [4.69, 9.17) is 0 Å². The molecular weight excluding hydrogens is 316 g/mol. The zero-order chi connectivity index (χ0) is 16.7. The van der Waals surface area contributed by atoms with Gasteiger partial charge in [-0.3, -0.25) is 9.78 Å². The summed E-state index contributed by atoms with van der Waals surface area (Å²) in [5.41, 5.74) is 2.85. The molecule has 2 rings (SSSR count). The number of aromatic nitrogens is 1. The number of sulfonamides is 1. The van der Waals surface area contributed by atoms with Crippen LogP contribution >= 0.6 is 0 Å². The number of carbonyl (C=O) groups is 1. The van der Waals surface area contributed by atoms with Gasteiger partial charge in [-0.15, -0.1) is 0 Å². The van der Waals surface area contributed by atoms with Crippen molar-refractivity contribution in [3.63, 3.8) is 0 Å². The van der Waals surface area contributed by atoms with Crippen molar-refractivity contribution in [2.45, 2.75) is 4.90 Å². The highest BCUT2D eigenvalue weighted by molar-refractivity contribution is 7.89. The van der Waals surface area contributed by atoms with Crippen molar-refractivity contribution in [3.8, 4) is 0 Å². The molecule has 1 N–H and O–H groups in total. The monoisotopic (exact) mass is 332 g/mol. The van der Waals surface area contributed by atoms with Crippen LogP contribution in [0, 0.1) is 0 Å². The van der Waals surface area contributed by atoms with E-state index >= 15 is 0 Å². The van der Waals surface area contributed by atoms with Gasteiger partial charge in [-0.1, -0.05) is 24.3 Å². The maximum Gasteiger partial charge on any atom is 0.255 e. The normalized spacial score (nSPS) is 11.7. The van der Waals surface area contributed by atoms with Crippen molar-refractivity contribution in [2.75, 3.05) is 13.6 Å². The molecule has 120 valence electrons. The molecular formula is C15H16N4O3S. The maximum absolute atomic E-state index is 12.3. The Labute approximate surface area is 134 Å². The Morgan fingerprint density at radius 2 is 1.91 bits per heavy atom. The molecule has 0 aliphatic heterocycles. The summed E-state index contributed by atoms with van der Waals surface area (Å²) in [6.45, 7) is -0.337. The average Bonchev–Trinajstić information content (AvgIpc) is 2.56. The number of rotatable bonds is 6. The number of likely N-dealkylation sites (N-methyl/N-ethyl adjacent to an activating group) is 1. The molecule has 1 heterocycles. The van der Waals surface area contributed by atoms with Gasteiger partial charge >= 0.3 is 0 Å². The van der Waals surface area contributed by atoms with Crippen LogP contribution in [0.4, 0.5) is 0 Å². The molecule has 1 aromatic heterocycles. The second kappa shape index (κ2) is 7.61. The average molecular weight is 332 g/mol. The number of hydrogen-bond donors (Lipinski definition) is 1. The number of hydrogen-bond acceptors (Lipinski definition) is 5. The number of carbonyl (C=O) groups excluding carboxylic acids is 1. The topological polar surface area (TPSA) is 91.7 Å². The molecule has 0 aliphatic carbocycles. The Bertz CT molecular complexity index is 777. The van der Waals surface area contributed by atoms with Crippen molar-refractivity contribution in [2.24, 2.45) is 5.10 Å². The molecule has 1 aromatic carbocycles.